The van der Waals surface area contributed by atoms with Gasteiger partial charge in [-0.3, -0.25) is 4.79 Å². The smallest absolute Gasteiger partial charge is 0.263 e. The Balaban J connectivity index is 1.60. The van der Waals surface area contributed by atoms with Crippen LogP contribution in [0.15, 0.2) is 42.7 Å². The van der Waals surface area contributed by atoms with E-state index in [1.54, 1.807) is 19.5 Å². The van der Waals surface area contributed by atoms with Crippen molar-refractivity contribution in [2.24, 2.45) is 5.92 Å². The van der Waals surface area contributed by atoms with Gasteiger partial charge in [-0.1, -0.05) is 18.2 Å². The molecule has 2 aromatic rings. The summed E-state index contributed by atoms with van der Waals surface area (Å²) in [6.45, 7) is 2.57. The second-order valence-electron chi connectivity index (χ2n) is 6.15. The van der Waals surface area contributed by atoms with Gasteiger partial charge in [0.15, 0.2) is 5.82 Å². The summed E-state index contributed by atoms with van der Waals surface area (Å²) in [5.41, 5.74) is 0. The highest BCUT2D eigenvalue weighted by Crippen LogP contribution is 2.30. The number of nitrogens with one attached hydrogen (secondary N) is 1. The molecule has 0 aliphatic carbocycles. The maximum atomic E-state index is 12.2. The van der Waals surface area contributed by atoms with E-state index in [9.17, 15) is 4.79 Å². The minimum Gasteiger partial charge on any atom is -0.436 e. The molecule has 2 heterocycles. The zero-order valence-corrected chi connectivity index (χ0v) is 14.9. The van der Waals surface area contributed by atoms with Crippen molar-refractivity contribution in [2.75, 3.05) is 38.3 Å². The van der Waals surface area contributed by atoms with Gasteiger partial charge < -0.3 is 19.7 Å². The van der Waals surface area contributed by atoms with E-state index in [0.29, 0.717) is 19.0 Å². The van der Waals surface area contributed by atoms with Crippen LogP contribution in [0.4, 0.5) is 5.82 Å². The molecule has 1 fully saturated rings. The Morgan fingerprint density at radius 2 is 1.92 bits per heavy atom. The normalized spacial score (nSPS) is 14.9. The lowest BCUT2D eigenvalue weighted by Gasteiger charge is -2.32. The molecule has 1 aliphatic rings. The summed E-state index contributed by atoms with van der Waals surface area (Å²) in [4.78, 5) is 23.1. The third-order valence-corrected chi connectivity index (χ3v) is 4.37. The van der Waals surface area contributed by atoms with E-state index in [1.165, 1.54) is 0 Å². The number of para-hydroxylation sites is 1. The summed E-state index contributed by atoms with van der Waals surface area (Å²) in [7, 11) is 1.63. The molecule has 1 aromatic heterocycles. The van der Waals surface area contributed by atoms with E-state index >= 15 is 0 Å². The molecule has 0 bridgehead atoms. The molecule has 26 heavy (non-hydrogen) atoms. The number of anilines is 1. The third kappa shape index (κ3) is 4.70. The minimum atomic E-state index is 0.0262. The predicted molar refractivity (Wildman–Crippen MR) is 98.4 cm³/mol. The largest absolute Gasteiger partial charge is 0.436 e. The van der Waals surface area contributed by atoms with Crippen LogP contribution < -0.4 is 15.0 Å². The molecule has 1 aliphatic heterocycles. The molecule has 1 saturated heterocycles. The zero-order valence-electron chi connectivity index (χ0n) is 14.9. The van der Waals surface area contributed by atoms with Crippen LogP contribution in [-0.4, -0.2) is 49.2 Å². The number of amides is 1. The quantitative estimate of drug-likeness (QED) is 0.767. The Bertz CT molecular complexity index is 703. The van der Waals surface area contributed by atoms with Gasteiger partial charge in [0.05, 0.1) is 6.61 Å². The SMILES string of the molecule is COCCNC(=O)C1CCN(c2nccnc2Oc2ccccc2)CC1. The Labute approximate surface area is 153 Å². The van der Waals surface area contributed by atoms with Gasteiger partial charge in [0.1, 0.15) is 5.75 Å². The molecule has 7 heteroatoms. The van der Waals surface area contributed by atoms with Crippen molar-refractivity contribution in [3.05, 3.63) is 42.7 Å². The van der Waals surface area contributed by atoms with Gasteiger partial charge in [-0.2, -0.15) is 0 Å². The summed E-state index contributed by atoms with van der Waals surface area (Å²) in [6.07, 6.45) is 4.84. The van der Waals surface area contributed by atoms with E-state index in [2.05, 4.69) is 20.2 Å². The second-order valence-corrected chi connectivity index (χ2v) is 6.15. The number of carbonyl (C=O) groups is 1. The van der Waals surface area contributed by atoms with Gasteiger partial charge in [-0.05, 0) is 25.0 Å². The third-order valence-electron chi connectivity index (χ3n) is 4.37. The fraction of sp³-hybridized carbons (Fsp3) is 0.421. The maximum Gasteiger partial charge on any atom is 0.263 e. The van der Waals surface area contributed by atoms with Crippen LogP contribution in [0.25, 0.3) is 0 Å². The molecule has 7 nitrogen and oxygen atoms in total. The summed E-state index contributed by atoms with van der Waals surface area (Å²) in [5, 5.41) is 2.92. The summed E-state index contributed by atoms with van der Waals surface area (Å²) in [5.74, 6) is 2.05. The van der Waals surface area contributed by atoms with Gasteiger partial charge in [0.25, 0.3) is 5.88 Å². The Morgan fingerprint density at radius 3 is 2.65 bits per heavy atom. The van der Waals surface area contributed by atoms with E-state index in [0.717, 1.165) is 37.5 Å². The zero-order chi connectivity index (χ0) is 18.2. The van der Waals surface area contributed by atoms with Crippen molar-refractivity contribution >= 4 is 11.7 Å². The highest BCUT2D eigenvalue weighted by atomic mass is 16.5. The van der Waals surface area contributed by atoms with E-state index in [4.69, 9.17) is 9.47 Å². The Hall–Kier alpha value is -2.67. The summed E-state index contributed by atoms with van der Waals surface area (Å²) >= 11 is 0. The molecule has 0 unspecified atom stereocenters. The van der Waals surface area contributed by atoms with E-state index in [1.807, 2.05) is 30.3 Å². The Morgan fingerprint density at radius 1 is 1.19 bits per heavy atom. The van der Waals surface area contributed by atoms with Crippen molar-refractivity contribution < 1.29 is 14.3 Å². The van der Waals surface area contributed by atoms with Crippen molar-refractivity contribution in [3.63, 3.8) is 0 Å². The number of methoxy groups -OCH3 is 1. The number of piperidine rings is 1. The summed E-state index contributed by atoms with van der Waals surface area (Å²) in [6, 6.07) is 9.54. The number of hydrogen-bond acceptors (Lipinski definition) is 6. The van der Waals surface area contributed by atoms with Gasteiger partial charge in [-0.15, -0.1) is 0 Å². The van der Waals surface area contributed by atoms with Crippen LogP contribution in [-0.2, 0) is 9.53 Å². The minimum absolute atomic E-state index is 0.0262. The lowest BCUT2D eigenvalue weighted by molar-refractivity contribution is -0.125. The van der Waals surface area contributed by atoms with Crippen molar-refractivity contribution in [3.8, 4) is 11.6 Å². The maximum absolute atomic E-state index is 12.2. The molecule has 1 amide bonds. The standard InChI is InChI=1S/C19H24N4O3/c1-25-14-11-21-18(24)15-7-12-23(13-8-15)17-19(22-10-9-20-17)26-16-5-3-2-4-6-16/h2-6,9-10,15H,7-8,11-14H2,1H3,(H,21,24). The first-order chi connectivity index (χ1) is 12.8. The van der Waals surface area contributed by atoms with Crippen molar-refractivity contribution in [1.82, 2.24) is 15.3 Å². The highest BCUT2D eigenvalue weighted by Gasteiger charge is 2.27. The number of carbonyl (C=O) groups excluding carboxylic acids is 1. The predicted octanol–water partition coefficient (Wildman–Crippen LogP) is 2.25. The number of benzene rings is 1. The number of nitrogens with zero attached hydrogens (tertiary/aromatic N) is 3. The van der Waals surface area contributed by atoms with Crippen LogP contribution in [0.1, 0.15) is 12.8 Å². The molecule has 138 valence electrons. The number of rotatable bonds is 7. The fourth-order valence-electron chi connectivity index (χ4n) is 2.98. The molecule has 3 rings (SSSR count). The monoisotopic (exact) mass is 356 g/mol. The Kier molecular flexibility index (Phi) is 6.38. The number of aromatic nitrogens is 2. The first-order valence-electron chi connectivity index (χ1n) is 8.83. The molecule has 0 spiro atoms. The molecule has 1 N–H and O–H groups in total. The fourth-order valence-corrected chi connectivity index (χ4v) is 2.98. The van der Waals surface area contributed by atoms with Crippen molar-refractivity contribution in [1.29, 1.82) is 0 Å². The topological polar surface area (TPSA) is 76.6 Å². The molecular formula is C19H24N4O3. The number of hydrogen-bond donors (Lipinski definition) is 1. The molecule has 0 atom stereocenters. The van der Waals surface area contributed by atoms with Gasteiger partial charge >= 0.3 is 0 Å². The van der Waals surface area contributed by atoms with Gasteiger partial charge in [0.2, 0.25) is 5.91 Å². The van der Waals surface area contributed by atoms with Crippen LogP contribution >= 0.6 is 0 Å². The first kappa shape index (κ1) is 18.1. The molecular weight excluding hydrogens is 332 g/mol. The lowest BCUT2D eigenvalue weighted by Crippen LogP contribution is -2.41. The van der Waals surface area contributed by atoms with E-state index in [-0.39, 0.29) is 11.8 Å². The molecule has 0 radical (unpaired) electrons. The number of ether oxygens (including phenoxy) is 2. The van der Waals surface area contributed by atoms with Gasteiger partial charge in [-0.25, -0.2) is 9.97 Å². The van der Waals surface area contributed by atoms with Crippen molar-refractivity contribution in [2.45, 2.75) is 12.8 Å². The summed E-state index contributed by atoms with van der Waals surface area (Å²) < 4.78 is 10.9. The lowest BCUT2D eigenvalue weighted by atomic mass is 9.96. The first-order valence-corrected chi connectivity index (χ1v) is 8.83. The molecule has 1 aromatic carbocycles. The van der Waals surface area contributed by atoms with Gasteiger partial charge in [0, 0.05) is 45.1 Å². The molecule has 0 saturated carbocycles. The average molecular weight is 356 g/mol. The van der Waals surface area contributed by atoms with Crippen LogP contribution in [0.2, 0.25) is 0 Å². The van der Waals surface area contributed by atoms with Crippen LogP contribution in [0.3, 0.4) is 0 Å². The van der Waals surface area contributed by atoms with Crippen LogP contribution in [0, 0.1) is 5.92 Å². The van der Waals surface area contributed by atoms with E-state index < -0.39 is 0 Å². The average Bonchev–Trinajstić information content (AvgIpc) is 2.69. The second kappa shape index (κ2) is 9.15. The highest BCUT2D eigenvalue weighted by molar-refractivity contribution is 5.79. The van der Waals surface area contributed by atoms with Crippen LogP contribution in [0.5, 0.6) is 11.6 Å².